The van der Waals surface area contributed by atoms with Crippen molar-refractivity contribution in [2.45, 2.75) is 12.5 Å². The SMILES string of the molecule is C#CCC(OC)c1ccc(F)cc1. The molecule has 1 aromatic carbocycles. The zero-order chi connectivity index (χ0) is 9.68. The van der Waals surface area contributed by atoms with Crippen molar-refractivity contribution in [1.29, 1.82) is 0 Å². The average molecular weight is 178 g/mol. The molecule has 1 atom stereocenters. The van der Waals surface area contributed by atoms with Crippen LogP contribution in [0.25, 0.3) is 0 Å². The van der Waals surface area contributed by atoms with Gasteiger partial charge in [0.15, 0.2) is 0 Å². The Balaban J connectivity index is 2.80. The van der Waals surface area contributed by atoms with Crippen LogP contribution in [0.3, 0.4) is 0 Å². The predicted molar refractivity (Wildman–Crippen MR) is 49.6 cm³/mol. The van der Waals surface area contributed by atoms with Crippen molar-refractivity contribution in [2.24, 2.45) is 0 Å². The Kier molecular flexibility index (Phi) is 3.48. The van der Waals surface area contributed by atoms with Crippen molar-refractivity contribution in [2.75, 3.05) is 7.11 Å². The molecule has 0 bridgehead atoms. The summed E-state index contributed by atoms with van der Waals surface area (Å²) in [4.78, 5) is 0. The maximum atomic E-state index is 12.6. The Hall–Kier alpha value is -1.33. The van der Waals surface area contributed by atoms with Crippen molar-refractivity contribution in [1.82, 2.24) is 0 Å². The third-order valence-electron chi connectivity index (χ3n) is 1.83. The topological polar surface area (TPSA) is 9.23 Å². The van der Waals surface area contributed by atoms with Gasteiger partial charge in [0.1, 0.15) is 5.82 Å². The lowest BCUT2D eigenvalue weighted by Crippen LogP contribution is -1.99. The van der Waals surface area contributed by atoms with Gasteiger partial charge in [0, 0.05) is 13.5 Å². The van der Waals surface area contributed by atoms with E-state index in [1.807, 2.05) is 0 Å². The van der Waals surface area contributed by atoms with Crippen molar-refractivity contribution in [3.63, 3.8) is 0 Å². The summed E-state index contributed by atoms with van der Waals surface area (Å²) in [5.74, 6) is 2.26. The van der Waals surface area contributed by atoms with Crippen molar-refractivity contribution >= 4 is 0 Å². The molecule has 0 spiro atoms. The molecule has 0 aliphatic carbocycles. The highest BCUT2D eigenvalue weighted by Crippen LogP contribution is 2.19. The minimum absolute atomic E-state index is 0.134. The quantitative estimate of drug-likeness (QED) is 0.646. The molecule has 0 fully saturated rings. The van der Waals surface area contributed by atoms with Crippen LogP contribution < -0.4 is 0 Å². The van der Waals surface area contributed by atoms with Crippen LogP contribution in [0, 0.1) is 18.2 Å². The van der Waals surface area contributed by atoms with Gasteiger partial charge in [-0.3, -0.25) is 0 Å². The molecule has 1 nitrogen and oxygen atoms in total. The summed E-state index contributed by atoms with van der Waals surface area (Å²) in [6, 6.07) is 6.16. The van der Waals surface area contributed by atoms with E-state index in [2.05, 4.69) is 5.92 Å². The lowest BCUT2D eigenvalue weighted by molar-refractivity contribution is 0.108. The lowest BCUT2D eigenvalue weighted by Gasteiger charge is -2.12. The van der Waals surface area contributed by atoms with E-state index in [9.17, 15) is 4.39 Å². The minimum Gasteiger partial charge on any atom is -0.376 e. The number of benzene rings is 1. The normalized spacial score (nSPS) is 12.1. The second kappa shape index (κ2) is 4.64. The number of ether oxygens (including phenoxy) is 1. The first-order valence-electron chi connectivity index (χ1n) is 3.99. The second-order valence-corrected chi connectivity index (χ2v) is 2.68. The number of hydrogen-bond acceptors (Lipinski definition) is 1. The minimum atomic E-state index is -0.251. The van der Waals surface area contributed by atoms with Gasteiger partial charge in [0.25, 0.3) is 0 Å². The molecule has 2 heteroatoms. The van der Waals surface area contributed by atoms with Crippen LogP contribution in [0.15, 0.2) is 24.3 Å². The zero-order valence-electron chi connectivity index (χ0n) is 7.46. The first-order valence-corrected chi connectivity index (χ1v) is 3.99. The molecule has 0 aromatic heterocycles. The average Bonchev–Trinajstić information content (AvgIpc) is 2.16. The molecule has 1 rings (SSSR count). The molecule has 1 unspecified atom stereocenters. The van der Waals surface area contributed by atoms with Crippen molar-refractivity contribution in [3.8, 4) is 12.3 Å². The number of halogens is 1. The van der Waals surface area contributed by atoms with Gasteiger partial charge < -0.3 is 4.74 Å². The third kappa shape index (κ3) is 2.57. The molecule has 0 radical (unpaired) electrons. The van der Waals surface area contributed by atoms with E-state index in [1.165, 1.54) is 12.1 Å². The fourth-order valence-electron chi connectivity index (χ4n) is 1.12. The van der Waals surface area contributed by atoms with Gasteiger partial charge in [-0.15, -0.1) is 12.3 Å². The summed E-state index contributed by atoms with van der Waals surface area (Å²) in [5.41, 5.74) is 0.904. The Labute approximate surface area is 77.5 Å². The lowest BCUT2D eigenvalue weighted by atomic mass is 10.1. The van der Waals surface area contributed by atoms with Gasteiger partial charge in [-0.05, 0) is 17.7 Å². The Morgan fingerprint density at radius 1 is 1.46 bits per heavy atom. The summed E-state index contributed by atoms with van der Waals surface area (Å²) in [7, 11) is 1.59. The zero-order valence-corrected chi connectivity index (χ0v) is 7.46. The maximum absolute atomic E-state index is 12.6. The summed E-state index contributed by atoms with van der Waals surface area (Å²) >= 11 is 0. The first kappa shape index (κ1) is 9.76. The van der Waals surface area contributed by atoms with Crippen LogP contribution in [-0.2, 0) is 4.74 Å². The number of hydrogen-bond donors (Lipinski definition) is 0. The Bertz CT molecular complexity index is 297. The van der Waals surface area contributed by atoms with Gasteiger partial charge in [0.2, 0.25) is 0 Å². The van der Waals surface area contributed by atoms with Crippen LogP contribution in [-0.4, -0.2) is 7.11 Å². The number of methoxy groups -OCH3 is 1. The molecule has 13 heavy (non-hydrogen) atoms. The molecule has 1 aromatic rings. The molecule has 0 aliphatic heterocycles. The van der Waals surface area contributed by atoms with Crippen molar-refractivity contribution < 1.29 is 9.13 Å². The fraction of sp³-hybridized carbons (Fsp3) is 0.273. The van der Waals surface area contributed by atoms with E-state index in [4.69, 9.17) is 11.2 Å². The molecule has 0 saturated carbocycles. The first-order chi connectivity index (χ1) is 6.27. The molecule has 0 heterocycles. The van der Waals surface area contributed by atoms with Gasteiger partial charge in [-0.25, -0.2) is 4.39 Å². The Morgan fingerprint density at radius 2 is 2.08 bits per heavy atom. The summed E-state index contributed by atoms with van der Waals surface area (Å²) in [6.45, 7) is 0. The third-order valence-corrected chi connectivity index (χ3v) is 1.83. The van der Waals surface area contributed by atoms with Gasteiger partial charge in [0.05, 0.1) is 6.10 Å². The van der Waals surface area contributed by atoms with Gasteiger partial charge >= 0.3 is 0 Å². The van der Waals surface area contributed by atoms with Crippen LogP contribution in [0.2, 0.25) is 0 Å². The molecule has 0 aliphatic rings. The standard InChI is InChI=1S/C11H11FO/c1-3-4-11(13-2)9-5-7-10(12)8-6-9/h1,5-8,11H,4H2,2H3. The summed E-state index contributed by atoms with van der Waals surface area (Å²) in [6.07, 6.45) is 5.54. The van der Waals surface area contributed by atoms with Crippen molar-refractivity contribution in [3.05, 3.63) is 35.6 Å². The number of rotatable bonds is 3. The highest BCUT2D eigenvalue weighted by molar-refractivity contribution is 5.19. The van der Waals surface area contributed by atoms with Gasteiger partial charge in [-0.2, -0.15) is 0 Å². The Morgan fingerprint density at radius 3 is 2.54 bits per heavy atom. The molecule has 0 saturated heterocycles. The predicted octanol–water partition coefficient (Wildman–Crippen LogP) is 2.54. The monoisotopic (exact) mass is 178 g/mol. The van der Waals surface area contributed by atoms with E-state index in [0.29, 0.717) is 6.42 Å². The molecule has 0 amide bonds. The molecule has 0 N–H and O–H groups in total. The smallest absolute Gasteiger partial charge is 0.123 e. The van der Waals surface area contributed by atoms with Crippen LogP contribution in [0.4, 0.5) is 4.39 Å². The largest absolute Gasteiger partial charge is 0.376 e. The summed E-state index contributed by atoms with van der Waals surface area (Å²) in [5, 5.41) is 0. The fourth-order valence-corrected chi connectivity index (χ4v) is 1.12. The number of terminal acetylenes is 1. The summed E-state index contributed by atoms with van der Waals surface area (Å²) < 4.78 is 17.7. The maximum Gasteiger partial charge on any atom is 0.123 e. The highest BCUT2D eigenvalue weighted by atomic mass is 19.1. The van der Waals surface area contributed by atoms with Crippen LogP contribution >= 0.6 is 0 Å². The second-order valence-electron chi connectivity index (χ2n) is 2.68. The molecular weight excluding hydrogens is 167 g/mol. The van der Waals surface area contributed by atoms with Crippen LogP contribution in [0.1, 0.15) is 18.1 Å². The van der Waals surface area contributed by atoms with E-state index in [-0.39, 0.29) is 11.9 Å². The van der Waals surface area contributed by atoms with E-state index in [1.54, 1.807) is 19.2 Å². The molecule has 68 valence electrons. The van der Waals surface area contributed by atoms with E-state index < -0.39 is 0 Å². The van der Waals surface area contributed by atoms with E-state index in [0.717, 1.165) is 5.56 Å². The van der Waals surface area contributed by atoms with Crippen LogP contribution in [0.5, 0.6) is 0 Å². The highest BCUT2D eigenvalue weighted by Gasteiger charge is 2.07. The molecular formula is C11H11FO. The van der Waals surface area contributed by atoms with E-state index >= 15 is 0 Å². The van der Waals surface area contributed by atoms with Gasteiger partial charge in [-0.1, -0.05) is 12.1 Å².